The molecule has 0 bridgehead atoms. The maximum absolute atomic E-state index is 13.3. The van der Waals surface area contributed by atoms with Crippen molar-refractivity contribution in [1.82, 2.24) is 9.55 Å². The highest BCUT2D eigenvalue weighted by Crippen LogP contribution is 2.19. The molecule has 0 aliphatic heterocycles. The van der Waals surface area contributed by atoms with Gasteiger partial charge in [-0.15, -0.1) is 11.3 Å². The quantitative estimate of drug-likeness (QED) is 0.690. The van der Waals surface area contributed by atoms with Crippen LogP contribution in [0.1, 0.15) is 15.2 Å². The number of carbonyl (C=O) groups excluding carboxylic acids is 1. The zero-order chi connectivity index (χ0) is 16.6. The number of carbonyl (C=O) groups is 1. The summed E-state index contributed by atoms with van der Waals surface area (Å²) in [6.45, 7) is 0.0781. The topological polar surface area (TPSA) is 61.2 Å². The lowest BCUT2D eigenvalue weighted by Gasteiger charge is -2.07. The standard InChI is InChI=1S/C15H10F2N2O3S/c1-22-15(21)13-8(2-3-23-13)6-19-7-18-12-5-11(17)10(16)4-9(12)14(19)20/h2-5,7H,6H2,1H3. The van der Waals surface area contributed by atoms with Crippen LogP contribution >= 0.6 is 11.3 Å². The first kappa shape index (κ1) is 15.3. The average Bonchev–Trinajstić information content (AvgIpc) is 2.99. The normalized spacial score (nSPS) is 10.9. The Bertz CT molecular complexity index is 965. The molecule has 0 aliphatic carbocycles. The largest absolute Gasteiger partial charge is 0.465 e. The van der Waals surface area contributed by atoms with Crippen LogP contribution in [0.3, 0.4) is 0 Å². The molecule has 118 valence electrons. The summed E-state index contributed by atoms with van der Waals surface area (Å²) < 4.78 is 32.4. The summed E-state index contributed by atoms with van der Waals surface area (Å²) in [5, 5.41) is 1.68. The molecule has 0 atom stereocenters. The van der Waals surface area contributed by atoms with Gasteiger partial charge >= 0.3 is 5.97 Å². The highest BCUT2D eigenvalue weighted by Gasteiger charge is 2.15. The van der Waals surface area contributed by atoms with E-state index in [4.69, 9.17) is 0 Å². The molecule has 0 amide bonds. The Balaban J connectivity index is 2.07. The lowest BCUT2D eigenvalue weighted by atomic mass is 10.2. The third-order valence-corrected chi connectivity index (χ3v) is 4.26. The number of nitrogens with zero attached hydrogens (tertiary/aromatic N) is 2. The maximum atomic E-state index is 13.3. The van der Waals surface area contributed by atoms with E-state index in [-0.39, 0.29) is 17.4 Å². The van der Waals surface area contributed by atoms with Crippen LogP contribution in [-0.2, 0) is 11.3 Å². The van der Waals surface area contributed by atoms with E-state index in [9.17, 15) is 18.4 Å². The number of ether oxygens (including phenoxy) is 1. The van der Waals surface area contributed by atoms with Gasteiger partial charge in [-0.25, -0.2) is 18.6 Å². The van der Waals surface area contributed by atoms with E-state index in [1.807, 2.05) is 0 Å². The molecule has 0 saturated heterocycles. The van der Waals surface area contributed by atoms with Crippen LogP contribution in [0.4, 0.5) is 8.78 Å². The van der Waals surface area contributed by atoms with Crippen molar-refractivity contribution in [2.75, 3.05) is 7.11 Å². The number of benzene rings is 1. The van der Waals surface area contributed by atoms with Crippen LogP contribution in [0, 0.1) is 11.6 Å². The van der Waals surface area contributed by atoms with Gasteiger partial charge in [0, 0.05) is 6.07 Å². The van der Waals surface area contributed by atoms with Gasteiger partial charge in [0.1, 0.15) is 4.88 Å². The number of esters is 1. The van der Waals surface area contributed by atoms with Crippen LogP contribution < -0.4 is 5.56 Å². The first-order valence-corrected chi connectivity index (χ1v) is 7.38. The molecule has 0 spiro atoms. The minimum Gasteiger partial charge on any atom is -0.465 e. The van der Waals surface area contributed by atoms with Crippen LogP contribution in [-0.4, -0.2) is 22.6 Å². The summed E-state index contributed by atoms with van der Waals surface area (Å²) >= 11 is 1.20. The Labute approximate surface area is 132 Å². The zero-order valence-electron chi connectivity index (χ0n) is 11.9. The number of halogens is 2. The van der Waals surface area contributed by atoms with E-state index in [0.29, 0.717) is 10.4 Å². The first-order valence-electron chi connectivity index (χ1n) is 6.50. The summed E-state index contributed by atoms with van der Waals surface area (Å²) in [5.41, 5.74) is 0.146. The van der Waals surface area contributed by atoms with Gasteiger partial charge in [0.25, 0.3) is 5.56 Å². The third-order valence-electron chi connectivity index (χ3n) is 3.32. The van der Waals surface area contributed by atoms with Crippen LogP contribution in [0.5, 0.6) is 0 Å². The molecule has 3 rings (SSSR count). The number of rotatable bonds is 3. The van der Waals surface area contributed by atoms with Crippen molar-refractivity contribution in [1.29, 1.82) is 0 Å². The Kier molecular flexibility index (Phi) is 3.91. The van der Waals surface area contributed by atoms with Gasteiger partial charge in [-0.3, -0.25) is 9.36 Å². The molecular weight excluding hydrogens is 326 g/mol. The molecule has 8 heteroatoms. The molecule has 0 unspecified atom stereocenters. The van der Waals surface area contributed by atoms with Crippen molar-refractivity contribution >= 4 is 28.2 Å². The van der Waals surface area contributed by atoms with E-state index in [1.165, 1.54) is 29.3 Å². The highest BCUT2D eigenvalue weighted by atomic mass is 32.1. The lowest BCUT2D eigenvalue weighted by Crippen LogP contribution is -2.22. The molecule has 0 N–H and O–H groups in total. The molecule has 0 saturated carbocycles. The summed E-state index contributed by atoms with van der Waals surface area (Å²) in [6.07, 6.45) is 1.24. The molecule has 5 nitrogen and oxygen atoms in total. The Morgan fingerprint density at radius 1 is 1.35 bits per heavy atom. The molecule has 2 heterocycles. The number of thiophene rings is 1. The first-order chi connectivity index (χ1) is 11.0. The molecule has 3 aromatic rings. The Morgan fingerprint density at radius 3 is 2.83 bits per heavy atom. The van der Waals surface area contributed by atoms with E-state index in [2.05, 4.69) is 9.72 Å². The maximum Gasteiger partial charge on any atom is 0.348 e. The second kappa shape index (κ2) is 5.88. The van der Waals surface area contributed by atoms with Gasteiger partial charge in [0.15, 0.2) is 11.6 Å². The van der Waals surface area contributed by atoms with Crippen molar-refractivity contribution in [2.45, 2.75) is 6.54 Å². The van der Waals surface area contributed by atoms with Gasteiger partial charge < -0.3 is 4.74 Å². The molecule has 0 radical (unpaired) electrons. The van der Waals surface area contributed by atoms with Gasteiger partial charge in [0.05, 0.1) is 30.9 Å². The highest BCUT2D eigenvalue weighted by molar-refractivity contribution is 7.12. The summed E-state index contributed by atoms with van der Waals surface area (Å²) in [4.78, 5) is 28.4. The second-order valence-corrected chi connectivity index (χ2v) is 5.64. The molecule has 23 heavy (non-hydrogen) atoms. The fourth-order valence-electron chi connectivity index (χ4n) is 2.18. The number of hydrogen-bond donors (Lipinski definition) is 0. The third kappa shape index (κ3) is 2.72. The van der Waals surface area contributed by atoms with Crippen LogP contribution in [0.15, 0.2) is 34.7 Å². The SMILES string of the molecule is COC(=O)c1sccc1Cn1cnc2cc(F)c(F)cc2c1=O. The molecule has 2 aromatic heterocycles. The number of fused-ring (bicyclic) bond motifs is 1. The van der Waals surface area contributed by atoms with E-state index >= 15 is 0 Å². The van der Waals surface area contributed by atoms with Crippen LogP contribution in [0.25, 0.3) is 10.9 Å². The Hall–Kier alpha value is -2.61. The lowest BCUT2D eigenvalue weighted by molar-refractivity contribution is 0.0605. The van der Waals surface area contributed by atoms with E-state index in [0.717, 1.165) is 12.1 Å². The van der Waals surface area contributed by atoms with Crippen molar-refractivity contribution < 1.29 is 18.3 Å². The summed E-state index contributed by atoms with van der Waals surface area (Å²) in [7, 11) is 1.27. The molecular formula is C15H10F2N2O3S. The van der Waals surface area contributed by atoms with Gasteiger partial charge in [-0.1, -0.05) is 0 Å². The minimum absolute atomic E-state index is 0.0266. The number of hydrogen-bond acceptors (Lipinski definition) is 5. The minimum atomic E-state index is -1.11. The monoisotopic (exact) mass is 336 g/mol. The number of aromatic nitrogens is 2. The van der Waals surface area contributed by atoms with Crippen molar-refractivity contribution in [3.8, 4) is 0 Å². The zero-order valence-corrected chi connectivity index (χ0v) is 12.7. The van der Waals surface area contributed by atoms with Gasteiger partial charge in [0.2, 0.25) is 0 Å². The predicted octanol–water partition coefficient (Wildman–Crippen LogP) is 2.57. The fourth-order valence-corrected chi connectivity index (χ4v) is 3.01. The summed E-state index contributed by atoms with van der Waals surface area (Å²) in [5.74, 6) is -2.67. The van der Waals surface area contributed by atoms with Gasteiger partial charge in [-0.05, 0) is 23.1 Å². The van der Waals surface area contributed by atoms with E-state index < -0.39 is 23.2 Å². The van der Waals surface area contributed by atoms with E-state index in [1.54, 1.807) is 11.4 Å². The fraction of sp³-hybridized carbons (Fsp3) is 0.133. The smallest absolute Gasteiger partial charge is 0.348 e. The molecule has 0 aliphatic rings. The van der Waals surface area contributed by atoms with Crippen molar-refractivity contribution in [3.05, 3.63) is 62.3 Å². The van der Waals surface area contributed by atoms with Crippen molar-refractivity contribution in [3.63, 3.8) is 0 Å². The number of methoxy groups -OCH3 is 1. The molecule has 1 aromatic carbocycles. The molecule has 0 fully saturated rings. The summed E-state index contributed by atoms with van der Waals surface area (Å²) in [6, 6.07) is 3.39. The Morgan fingerprint density at radius 2 is 2.09 bits per heavy atom. The second-order valence-electron chi connectivity index (χ2n) is 4.73. The van der Waals surface area contributed by atoms with Gasteiger partial charge in [-0.2, -0.15) is 0 Å². The van der Waals surface area contributed by atoms with Crippen LogP contribution in [0.2, 0.25) is 0 Å². The van der Waals surface area contributed by atoms with Crippen molar-refractivity contribution in [2.24, 2.45) is 0 Å². The predicted molar refractivity (Wildman–Crippen MR) is 80.7 cm³/mol. The average molecular weight is 336 g/mol.